The van der Waals surface area contributed by atoms with Crippen molar-refractivity contribution in [3.63, 3.8) is 0 Å². The standard InChI is InChI=1S/C12H17N3/c1-3-11(9-13-5-1)15-8-7-14-6-2-4-12(14)10-15/h1,3,5,9,12H,2,4,6-8,10H2. The van der Waals surface area contributed by atoms with Crippen LogP contribution in [0.3, 0.4) is 0 Å². The smallest absolute Gasteiger partial charge is 0.0553 e. The van der Waals surface area contributed by atoms with Gasteiger partial charge in [-0.1, -0.05) is 0 Å². The molecule has 0 radical (unpaired) electrons. The van der Waals surface area contributed by atoms with Gasteiger partial charge in [0.2, 0.25) is 0 Å². The highest BCUT2D eigenvalue weighted by atomic mass is 15.3. The molecule has 0 aromatic carbocycles. The molecule has 15 heavy (non-hydrogen) atoms. The van der Waals surface area contributed by atoms with Crippen molar-refractivity contribution < 1.29 is 0 Å². The van der Waals surface area contributed by atoms with Crippen LogP contribution in [0.4, 0.5) is 5.69 Å². The lowest BCUT2D eigenvalue weighted by Gasteiger charge is -2.38. The van der Waals surface area contributed by atoms with Crippen LogP contribution < -0.4 is 4.90 Å². The van der Waals surface area contributed by atoms with Gasteiger partial charge in [-0.25, -0.2) is 0 Å². The highest BCUT2D eigenvalue weighted by molar-refractivity contribution is 5.44. The number of nitrogens with zero attached hydrogens (tertiary/aromatic N) is 3. The molecule has 3 rings (SSSR count). The van der Waals surface area contributed by atoms with Crippen molar-refractivity contribution in [2.75, 3.05) is 31.1 Å². The van der Waals surface area contributed by atoms with Crippen LogP contribution in [0.1, 0.15) is 12.8 Å². The molecule has 0 spiro atoms. The molecule has 1 aromatic heterocycles. The van der Waals surface area contributed by atoms with Gasteiger partial charge in [0, 0.05) is 31.9 Å². The van der Waals surface area contributed by atoms with Gasteiger partial charge in [0.15, 0.2) is 0 Å². The summed E-state index contributed by atoms with van der Waals surface area (Å²) in [6.07, 6.45) is 6.57. The topological polar surface area (TPSA) is 19.4 Å². The van der Waals surface area contributed by atoms with E-state index in [9.17, 15) is 0 Å². The first kappa shape index (κ1) is 9.16. The number of hydrogen-bond donors (Lipinski definition) is 0. The Hall–Kier alpha value is -1.09. The number of pyridine rings is 1. The summed E-state index contributed by atoms with van der Waals surface area (Å²) < 4.78 is 0. The monoisotopic (exact) mass is 203 g/mol. The molecule has 2 aliphatic heterocycles. The Morgan fingerprint density at radius 3 is 3.13 bits per heavy atom. The third-order valence-electron chi connectivity index (χ3n) is 3.60. The summed E-state index contributed by atoms with van der Waals surface area (Å²) in [6.45, 7) is 4.87. The summed E-state index contributed by atoms with van der Waals surface area (Å²) in [4.78, 5) is 9.29. The maximum Gasteiger partial charge on any atom is 0.0553 e. The molecule has 0 N–H and O–H groups in total. The molecular formula is C12H17N3. The number of hydrogen-bond acceptors (Lipinski definition) is 3. The van der Waals surface area contributed by atoms with Gasteiger partial charge in [-0.3, -0.25) is 9.88 Å². The van der Waals surface area contributed by atoms with E-state index in [1.165, 1.54) is 38.2 Å². The van der Waals surface area contributed by atoms with Crippen LogP contribution in [0.25, 0.3) is 0 Å². The number of anilines is 1. The number of aromatic nitrogens is 1. The summed E-state index contributed by atoms with van der Waals surface area (Å²) in [7, 11) is 0. The van der Waals surface area contributed by atoms with E-state index in [0.717, 1.165) is 12.6 Å². The SMILES string of the molecule is c1cncc(N2CCN3CCCC3C2)c1. The summed E-state index contributed by atoms with van der Waals surface area (Å²) in [5, 5.41) is 0. The number of fused-ring (bicyclic) bond motifs is 1. The van der Waals surface area contributed by atoms with E-state index < -0.39 is 0 Å². The van der Waals surface area contributed by atoms with Gasteiger partial charge in [0.1, 0.15) is 0 Å². The Morgan fingerprint density at radius 1 is 1.27 bits per heavy atom. The molecule has 80 valence electrons. The summed E-state index contributed by atoms with van der Waals surface area (Å²) in [6, 6.07) is 4.98. The van der Waals surface area contributed by atoms with Crippen LogP contribution in [-0.2, 0) is 0 Å². The minimum Gasteiger partial charge on any atom is -0.367 e. The molecular weight excluding hydrogens is 186 g/mol. The molecule has 1 unspecified atom stereocenters. The lowest BCUT2D eigenvalue weighted by Crippen LogP contribution is -2.50. The van der Waals surface area contributed by atoms with E-state index in [4.69, 9.17) is 0 Å². The van der Waals surface area contributed by atoms with Gasteiger partial charge in [0.05, 0.1) is 11.9 Å². The third kappa shape index (κ3) is 1.72. The molecule has 0 bridgehead atoms. The summed E-state index contributed by atoms with van der Waals surface area (Å²) >= 11 is 0. The van der Waals surface area contributed by atoms with E-state index in [0.29, 0.717) is 0 Å². The van der Waals surface area contributed by atoms with Crippen LogP contribution >= 0.6 is 0 Å². The van der Waals surface area contributed by atoms with Crippen LogP contribution in [0.5, 0.6) is 0 Å². The van der Waals surface area contributed by atoms with Gasteiger partial charge in [-0.05, 0) is 31.5 Å². The van der Waals surface area contributed by atoms with Crippen molar-refractivity contribution in [1.29, 1.82) is 0 Å². The largest absolute Gasteiger partial charge is 0.367 e. The number of rotatable bonds is 1. The van der Waals surface area contributed by atoms with Gasteiger partial charge in [0.25, 0.3) is 0 Å². The first-order valence-corrected chi connectivity index (χ1v) is 5.82. The van der Waals surface area contributed by atoms with Gasteiger partial charge >= 0.3 is 0 Å². The fourth-order valence-electron chi connectivity index (χ4n) is 2.77. The molecule has 2 saturated heterocycles. The van der Waals surface area contributed by atoms with Crippen LogP contribution in [-0.4, -0.2) is 42.1 Å². The van der Waals surface area contributed by atoms with Crippen LogP contribution in [0.2, 0.25) is 0 Å². The lowest BCUT2D eigenvalue weighted by atomic mass is 10.1. The summed E-state index contributed by atoms with van der Waals surface area (Å²) in [5.74, 6) is 0. The Balaban J connectivity index is 1.74. The van der Waals surface area contributed by atoms with Crippen molar-refractivity contribution in [3.05, 3.63) is 24.5 Å². The Kier molecular flexibility index (Phi) is 2.33. The van der Waals surface area contributed by atoms with Crippen LogP contribution in [0, 0.1) is 0 Å². The fourth-order valence-corrected chi connectivity index (χ4v) is 2.77. The molecule has 2 fully saturated rings. The molecule has 2 aliphatic rings. The second-order valence-electron chi connectivity index (χ2n) is 4.49. The molecule has 1 aromatic rings. The lowest BCUT2D eigenvalue weighted by molar-refractivity contribution is 0.231. The van der Waals surface area contributed by atoms with Crippen molar-refractivity contribution in [3.8, 4) is 0 Å². The predicted molar refractivity (Wildman–Crippen MR) is 61.0 cm³/mol. The van der Waals surface area contributed by atoms with Crippen molar-refractivity contribution in [2.24, 2.45) is 0 Å². The van der Waals surface area contributed by atoms with Crippen molar-refractivity contribution in [2.45, 2.75) is 18.9 Å². The first-order valence-electron chi connectivity index (χ1n) is 5.82. The van der Waals surface area contributed by atoms with Gasteiger partial charge in [-0.2, -0.15) is 0 Å². The van der Waals surface area contributed by atoms with Crippen molar-refractivity contribution in [1.82, 2.24) is 9.88 Å². The second kappa shape index (κ2) is 3.81. The molecule has 0 amide bonds. The summed E-state index contributed by atoms with van der Waals surface area (Å²) in [5.41, 5.74) is 1.28. The van der Waals surface area contributed by atoms with E-state index in [2.05, 4.69) is 20.9 Å². The Bertz CT molecular complexity index is 325. The number of piperazine rings is 1. The molecule has 3 heteroatoms. The molecule has 3 nitrogen and oxygen atoms in total. The maximum absolute atomic E-state index is 4.19. The molecule has 3 heterocycles. The minimum atomic E-state index is 0.791. The minimum absolute atomic E-state index is 0.791. The van der Waals surface area contributed by atoms with Crippen molar-refractivity contribution >= 4 is 5.69 Å². The highest BCUT2D eigenvalue weighted by Gasteiger charge is 2.30. The molecule has 0 aliphatic carbocycles. The van der Waals surface area contributed by atoms with E-state index in [1.54, 1.807) is 0 Å². The molecule has 0 saturated carbocycles. The van der Waals surface area contributed by atoms with E-state index in [-0.39, 0.29) is 0 Å². The average Bonchev–Trinajstić information content (AvgIpc) is 2.77. The Morgan fingerprint density at radius 2 is 2.27 bits per heavy atom. The second-order valence-corrected chi connectivity index (χ2v) is 4.49. The predicted octanol–water partition coefficient (Wildman–Crippen LogP) is 1.37. The quantitative estimate of drug-likeness (QED) is 0.687. The fraction of sp³-hybridized carbons (Fsp3) is 0.583. The highest BCUT2D eigenvalue weighted by Crippen LogP contribution is 2.24. The van der Waals surface area contributed by atoms with E-state index >= 15 is 0 Å². The Labute approximate surface area is 90.7 Å². The average molecular weight is 203 g/mol. The van der Waals surface area contributed by atoms with Gasteiger partial charge in [-0.15, -0.1) is 0 Å². The maximum atomic E-state index is 4.19. The first-order chi connectivity index (χ1) is 7.43. The van der Waals surface area contributed by atoms with E-state index in [1.807, 2.05) is 18.5 Å². The van der Waals surface area contributed by atoms with Gasteiger partial charge < -0.3 is 4.90 Å². The molecule has 1 atom stereocenters. The third-order valence-corrected chi connectivity index (χ3v) is 3.60. The zero-order valence-corrected chi connectivity index (χ0v) is 8.97. The zero-order valence-electron chi connectivity index (χ0n) is 8.97. The zero-order chi connectivity index (χ0) is 10.1. The van der Waals surface area contributed by atoms with Crippen LogP contribution in [0.15, 0.2) is 24.5 Å². The normalized spacial score (nSPS) is 26.7.